The number of carboxylic acids is 1. The molecule has 1 aromatic carbocycles. The molecule has 2 aromatic heterocycles. The van der Waals surface area contributed by atoms with Gasteiger partial charge in [-0.05, 0) is 53.4 Å². The van der Waals surface area contributed by atoms with Crippen LogP contribution in [0.15, 0.2) is 53.2 Å². The zero-order chi connectivity index (χ0) is 28.5. The average Bonchev–Trinajstić information content (AvgIpc) is 3.73. The number of benzene rings is 1. The van der Waals surface area contributed by atoms with Gasteiger partial charge in [-0.2, -0.15) is 0 Å². The molecule has 1 aliphatic rings. The molecule has 3 N–H and O–H groups in total. The van der Waals surface area contributed by atoms with Gasteiger partial charge in [-0.25, -0.2) is 4.79 Å². The Morgan fingerprint density at radius 3 is 2.23 bits per heavy atom. The summed E-state index contributed by atoms with van der Waals surface area (Å²) >= 11 is 3.17. The van der Waals surface area contributed by atoms with Crippen LogP contribution < -0.4 is 20.1 Å². The van der Waals surface area contributed by atoms with Crippen LogP contribution in [0.5, 0.6) is 11.5 Å². The van der Waals surface area contributed by atoms with E-state index in [-0.39, 0.29) is 12.7 Å². The maximum atomic E-state index is 13.9. The fourth-order valence-corrected chi connectivity index (χ4v) is 6.13. The summed E-state index contributed by atoms with van der Waals surface area (Å²) in [6.07, 6.45) is 2.38. The number of nitrogens with zero attached hydrogens (tertiary/aromatic N) is 1. The number of fused-ring (bicyclic) bond motifs is 1. The van der Waals surface area contributed by atoms with E-state index in [1.807, 2.05) is 41.9 Å². The lowest BCUT2D eigenvalue weighted by atomic mass is 9.90. The number of hydrogen-bond donors (Lipinski definition) is 3. The van der Waals surface area contributed by atoms with E-state index in [0.29, 0.717) is 43.0 Å². The number of urea groups is 1. The molecule has 1 aliphatic heterocycles. The largest absolute Gasteiger partial charge is 0.481 e. The Kier molecular flexibility index (Phi) is 10.4. The van der Waals surface area contributed by atoms with Crippen LogP contribution in [0.4, 0.5) is 4.79 Å². The molecular weight excluding hydrogens is 550 g/mol. The Hall–Kier alpha value is -3.57. The van der Waals surface area contributed by atoms with Crippen LogP contribution in [0.1, 0.15) is 60.9 Å². The van der Waals surface area contributed by atoms with E-state index >= 15 is 0 Å². The molecule has 0 bridgehead atoms. The first-order valence-electron chi connectivity index (χ1n) is 13.4. The highest BCUT2D eigenvalue weighted by Crippen LogP contribution is 2.36. The van der Waals surface area contributed by atoms with Crippen molar-refractivity contribution >= 4 is 40.6 Å². The first-order valence-corrected chi connectivity index (χ1v) is 15.2. The van der Waals surface area contributed by atoms with Gasteiger partial charge >= 0.3 is 12.0 Å². The molecule has 3 heterocycles. The van der Waals surface area contributed by atoms with Crippen LogP contribution in [-0.4, -0.2) is 40.7 Å². The number of amides is 3. The molecule has 3 atom stereocenters. The zero-order valence-electron chi connectivity index (χ0n) is 22.6. The number of thiophene rings is 2. The highest BCUT2D eigenvalue weighted by atomic mass is 32.1. The molecule has 0 radical (unpaired) electrons. The molecule has 11 heteroatoms. The summed E-state index contributed by atoms with van der Waals surface area (Å²) in [5.41, 5.74) is 0.585. The van der Waals surface area contributed by atoms with Gasteiger partial charge in [0.2, 0.25) is 12.7 Å². The quantitative estimate of drug-likeness (QED) is 0.221. The zero-order valence-corrected chi connectivity index (χ0v) is 24.3. The van der Waals surface area contributed by atoms with Crippen molar-refractivity contribution in [3.05, 3.63) is 68.5 Å². The van der Waals surface area contributed by atoms with Crippen molar-refractivity contribution in [2.45, 2.75) is 64.7 Å². The minimum Gasteiger partial charge on any atom is -0.481 e. The predicted molar refractivity (Wildman–Crippen MR) is 155 cm³/mol. The van der Waals surface area contributed by atoms with Crippen molar-refractivity contribution in [1.29, 1.82) is 0 Å². The molecule has 0 saturated carbocycles. The topological polar surface area (TPSA) is 117 Å². The standard InChI is InChI=1S/C29H35N3O6S2/c1-3-5-10-23(27(33)32(16-20-8-6-13-39-20)17-21-9-7-14-40-21)30-29(36)31-26(22(4-2)28(34)35)19-11-12-24-25(15-19)38-18-37-24/h6-9,11-15,22-23,26H,3-5,10,16-18H2,1-2H3,(H,34,35)(H2,30,31,36)/t22?,23-,26+/m1/s1. The number of hydrogen-bond acceptors (Lipinski definition) is 7. The lowest BCUT2D eigenvalue weighted by Gasteiger charge is -2.29. The number of carboxylic acid groups (broad SMARTS) is 1. The summed E-state index contributed by atoms with van der Waals surface area (Å²) in [5, 5.41) is 19.6. The second-order valence-electron chi connectivity index (χ2n) is 9.61. The van der Waals surface area contributed by atoms with E-state index in [1.54, 1.807) is 52.7 Å². The first kappa shape index (κ1) is 29.4. The summed E-state index contributed by atoms with van der Waals surface area (Å²) in [6, 6.07) is 10.8. The maximum absolute atomic E-state index is 13.9. The SMILES string of the molecule is CCCC[C@@H](NC(=O)N[C@@H](c1ccc2c(c1)OCO2)C(CC)C(=O)O)C(=O)N(Cc1cccs1)Cc1cccs1. The van der Waals surface area contributed by atoms with E-state index in [2.05, 4.69) is 10.6 Å². The number of carbonyl (C=O) groups is 3. The molecule has 214 valence electrons. The molecule has 3 amide bonds. The van der Waals surface area contributed by atoms with E-state index in [4.69, 9.17) is 9.47 Å². The van der Waals surface area contributed by atoms with E-state index in [1.165, 1.54) is 0 Å². The molecule has 3 aromatic rings. The van der Waals surface area contributed by atoms with Crippen molar-refractivity contribution in [3.8, 4) is 11.5 Å². The summed E-state index contributed by atoms with van der Waals surface area (Å²) in [5.74, 6) is -1.02. The van der Waals surface area contributed by atoms with Crippen LogP contribution in [0.2, 0.25) is 0 Å². The highest BCUT2D eigenvalue weighted by molar-refractivity contribution is 7.10. The Morgan fingerprint density at radius 2 is 1.65 bits per heavy atom. The summed E-state index contributed by atoms with van der Waals surface area (Å²) in [7, 11) is 0. The van der Waals surface area contributed by atoms with Crippen molar-refractivity contribution in [3.63, 3.8) is 0 Å². The van der Waals surface area contributed by atoms with Crippen molar-refractivity contribution in [1.82, 2.24) is 15.5 Å². The van der Waals surface area contributed by atoms with E-state index in [9.17, 15) is 19.5 Å². The molecule has 0 spiro atoms. The Morgan fingerprint density at radius 1 is 0.975 bits per heavy atom. The van der Waals surface area contributed by atoms with Gasteiger partial charge in [-0.1, -0.05) is 44.9 Å². The summed E-state index contributed by atoms with van der Waals surface area (Å²) in [4.78, 5) is 43.3. The molecule has 0 saturated heterocycles. The van der Waals surface area contributed by atoms with Gasteiger partial charge in [0.1, 0.15) is 6.04 Å². The van der Waals surface area contributed by atoms with Crippen molar-refractivity contribution in [2.24, 2.45) is 5.92 Å². The fourth-order valence-electron chi connectivity index (χ4n) is 4.70. The van der Waals surface area contributed by atoms with Gasteiger partial charge in [0, 0.05) is 9.75 Å². The molecular formula is C29H35N3O6S2. The van der Waals surface area contributed by atoms with Crippen LogP contribution in [0, 0.1) is 5.92 Å². The van der Waals surface area contributed by atoms with Gasteiger partial charge in [0.05, 0.1) is 25.0 Å². The lowest BCUT2D eigenvalue weighted by molar-refractivity contribution is -0.143. The number of aliphatic carboxylic acids is 1. The van der Waals surface area contributed by atoms with Crippen LogP contribution >= 0.6 is 22.7 Å². The molecule has 4 rings (SSSR count). The number of unbranched alkanes of at least 4 members (excludes halogenated alkanes) is 1. The van der Waals surface area contributed by atoms with Crippen LogP contribution in [-0.2, 0) is 22.7 Å². The number of nitrogens with one attached hydrogen (secondary N) is 2. The number of rotatable bonds is 14. The third-order valence-electron chi connectivity index (χ3n) is 6.82. The molecule has 1 unspecified atom stereocenters. The highest BCUT2D eigenvalue weighted by Gasteiger charge is 2.33. The normalized spacial score (nSPS) is 14.2. The van der Waals surface area contributed by atoms with Gasteiger partial charge in [0.25, 0.3) is 0 Å². The van der Waals surface area contributed by atoms with Gasteiger partial charge in [-0.3, -0.25) is 9.59 Å². The third kappa shape index (κ3) is 7.54. The maximum Gasteiger partial charge on any atom is 0.315 e. The summed E-state index contributed by atoms with van der Waals surface area (Å²) in [6.45, 7) is 4.76. The Labute approximate surface area is 242 Å². The lowest BCUT2D eigenvalue weighted by Crippen LogP contribution is -2.52. The molecule has 0 fully saturated rings. The van der Waals surface area contributed by atoms with Crippen molar-refractivity contribution in [2.75, 3.05) is 6.79 Å². The number of carbonyl (C=O) groups excluding carboxylic acids is 2. The van der Waals surface area contributed by atoms with E-state index < -0.39 is 30.0 Å². The Balaban J connectivity index is 1.54. The van der Waals surface area contributed by atoms with Gasteiger partial charge in [0.15, 0.2) is 11.5 Å². The van der Waals surface area contributed by atoms with Crippen LogP contribution in [0.25, 0.3) is 0 Å². The molecule has 0 aliphatic carbocycles. The second kappa shape index (κ2) is 14.2. The third-order valence-corrected chi connectivity index (χ3v) is 8.54. The van der Waals surface area contributed by atoms with Crippen molar-refractivity contribution < 1.29 is 29.0 Å². The second-order valence-corrected chi connectivity index (χ2v) is 11.7. The Bertz CT molecular complexity index is 1230. The van der Waals surface area contributed by atoms with Crippen LogP contribution in [0.3, 0.4) is 0 Å². The average molecular weight is 586 g/mol. The minimum absolute atomic E-state index is 0.0855. The van der Waals surface area contributed by atoms with Gasteiger partial charge in [-0.15, -0.1) is 22.7 Å². The first-order chi connectivity index (χ1) is 19.4. The molecule has 9 nitrogen and oxygen atoms in total. The smallest absolute Gasteiger partial charge is 0.315 e. The fraction of sp³-hybridized carbons (Fsp3) is 0.414. The number of ether oxygens (including phenoxy) is 2. The minimum atomic E-state index is -1.03. The monoisotopic (exact) mass is 585 g/mol. The summed E-state index contributed by atoms with van der Waals surface area (Å²) < 4.78 is 10.9. The predicted octanol–water partition coefficient (Wildman–Crippen LogP) is 5.78. The van der Waals surface area contributed by atoms with E-state index in [0.717, 1.165) is 22.6 Å². The van der Waals surface area contributed by atoms with Gasteiger partial charge < -0.3 is 30.1 Å². The molecule has 40 heavy (non-hydrogen) atoms.